The van der Waals surface area contributed by atoms with Gasteiger partial charge in [0.15, 0.2) is 0 Å². The van der Waals surface area contributed by atoms with Gasteiger partial charge in [-0.25, -0.2) is 0 Å². The number of fused-ring (bicyclic) bond motifs is 4. The first-order chi connectivity index (χ1) is 12.1. The Bertz CT molecular complexity index is 968. The quantitative estimate of drug-likeness (QED) is 0.553. The summed E-state index contributed by atoms with van der Waals surface area (Å²) >= 11 is 4.04. The Hall–Kier alpha value is -1.51. The molecule has 1 aliphatic heterocycles. The zero-order valence-corrected chi connectivity index (χ0v) is 16.6. The second-order valence-corrected chi connectivity index (χ2v) is 10.1. The lowest BCUT2D eigenvalue weighted by Gasteiger charge is -2.15. The largest absolute Gasteiger partial charge is 0.140 e. The van der Waals surface area contributed by atoms with Crippen molar-refractivity contribution in [2.75, 3.05) is 0 Å². The van der Waals surface area contributed by atoms with Crippen molar-refractivity contribution in [3.8, 4) is 0 Å². The van der Waals surface area contributed by atoms with Gasteiger partial charge in [-0.1, -0.05) is 42.0 Å². The van der Waals surface area contributed by atoms with Crippen LogP contribution < -0.4 is 0 Å². The molecule has 2 heterocycles. The van der Waals surface area contributed by atoms with Gasteiger partial charge in [-0.2, -0.15) is 0 Å². The van der Waals surface area contributed by atoms with Crippen molar-refractivity contribution in [1.29, 1.82) is 0 Å². The van der Waals surface area contributed by atoms with Crippen molar-refractivity contribution in [3.05, 3.63) is 73.3 Å². The van der Waals surface area contributed by atoms with Crippen LogP contribution in [0.2, 0.25) is 0 Å². The molecule has 0 nitrogen and oxygen atoms in total. The number of thiophene rings is 1. The third-order valence-corrected chi connectivity index (χ3v) is 7.95. The second kappa shape index (κ2) is 5.75. The topological polar surface area (TPSA) is 0 Å². The number of benzene rings is 1. The molecule has 0 radical (unpaired) electrons. The second-order valence-electron chi connectivity index (χ2n) is 7.42. The summed E-state index contributed by atoms with van der Waals surface area (Å²) in [6.07, 6.45) is 7.25. The minimum absolute atomic E-state index is 0.589. The van der Waals surface area contributed by atoms with Gasteiger partial charge in [0.05, 0.1) is 0 Å². The molecule has 5 rings (SSSR count). The summed E-state index contributed by atoms with van der Waals surface area (Å²) in [7, 11) is 0. The fourth-order valence-corrected chi connectivity index (χ4v) is 6.93. The normalized spacial score (nSPS) is 23.5. The van der Waals surface area contributed by atoms with Gasteiger partial charge in [0, 0.05) is 31.4 Å². The van der Waals surface area contributed by atoms with E-state index in [1.807, 2.05) is 11.3 Å². The van der Waals surface area contributed by atoms with E-state index in [0.29, 0.717) is 11.2 Å². The molecule has 0 saturated heterocycles. The van der Waals surface area contributed by atoms with Crippen LogP contribution in [0.4, 0.5) is 0 Å². The van der Waals surface area contributed by atoms with Crippen molar-refractivity contribution in [2.45, 2.75) is 44.8 Å². The van der Waals surface area contributed by atoms with Crippen LogP contribution in [-0.4, -0.2) is 5.25 Å². The first kappa shape index (κ1) is 15.7. The molecule has 0 saturated carbocycles. The van der Waals surface area contributed by atoms with Gasteiger partial charge in [0.2, 0.25) is 0 Å². The number of thioether (sulfide) groups is 1. The highest BCUT2D eigenvalue weighted by atomic mass is 32.2. The number of hydrogen-bond donors (Lipinski definition) is 0. The zero-order chi connectivity index (χ0) is 17.1. The van der Waals surface area contributed by atoms with Crippen LogP contribution in [0.15, 0.2) is 46.9 Å². The summed E-state index contributed by atoms with van der Waals surface area (Å²) in [6.45, 7) is 6.86. The number of rotatable bonds is 3. The third-order valence-electron chi connectivity index (χ3n) is 5.63. The highest BCUT2D eigenvalue weighted by Crippen LogP contribution is 2.56. The van der Waals surface area contributed by atoms with Gasteiger partial charge in [-0.05, 0) is 62.0 Å². The Morgan fingerprint density at radius 2 is 1.96 bits per heavy atom. The van der Waals surface area contributed by atoms with Crippen LogP contribution in [0.5, 0.6) is 0 Å². The summed E-state index contributed by atoms with van der Waals surface area (Å²) in [5.74, 6) is 0.589. The molecule has 0 spiro atoms. The van der Waals surface area contributed by atoms with Gasteiger partial charge in [0.25, 0.3) is 0 Å². The lowest BCUT2D eigenvalue weighted by Crippen LogP contribution is -1.98. The Kier molecular flexibility index (Phi) is 3.62. The van der Waals surface area contributed by atoms with Crippen molar-refractivity contribution >= 4 is 40.3 Å². The predicted molar refractivity (Wildman–Crippen MR) is 113 cm³/mol. The van der Waals surface area contributed by atoms with Crippen LogP contribution in [0.3, 0.4) is 0 Å². The van der Waals surface area contributed by atoms with E-state index in [0.717, 1.165) is 0 Å². The highest BCUT2D eigenvalue weighted by Gasteiger charge is 2.34. The lowest BCUT2D eigenvalue weighted by atomic mass is 9.90. The SMILES string of the molecule is CC1=Cc2ccccc2C1CCC1=C2SC(C)C=C2c2cc(C)sc21. The van der Waals surface area contributed by atoms with E-state index in [4.69, 9.17) is 0 Å². The van der Waals surface area contributed by atoms with Crippen LogP contribution in [0, 0.1) is 6.92 Å². The highest BCUT2D eigenvalue weighted by molar-refractivity contribution is 8.05. The number of hydrogen-bond acceptors (Lipinski definition) is 2. The molecule has 126 valence electrons. The molecule has 25 heavy (non-hydrogen) atoms. The minimum Gasteiger partial charge on any atom is -0.140 e. The van der Waals surface area contributed by atoms with Gasteiger partial charge in [0.1, 0.15) is 0 Å². The number of aryl methyl sites for hydroxylation is 1. The van der Waals surface area contributed by atoms with Crippen LogP contribution in [-0.2, 0) is 0 Å². The van der Waals surface area contributed by atoms with Crippen LogP contribution in [0.25, 0.3) is 17.2 Å². The Balaban J connectivity index is 1.47. The van der Waals surface area contributed by atoms with Crippen LogP contribution >= 0.6 is 23.1 Å². The summed E-state index contributed by atoms with van der Waals surface area (Å²) < 4.78 is 0. The fourth-order valence-electron chi connectivity index (χ4n) is 4.53. The molecule has 2 aromatic rings. The van der Waals surface area contributed by atoms with Crippen molar-refractivity contribution in [1.82, 2.24) is 0 Å². The van der Waals surface area contributed by atoms with E-state index in [1.165, 1.54) is 45.6 Å². The predicted octanol–water partition coefficient (Wildman–Crippen LogP) is 7.28. The average Bonchev–Trinajstić information content (AvgIpc) is 3.27. The lowest BCUT2D eigenvalue weighted by molar-refractivity contribution is 0.735. The van der Waals surface area contributed by atoms with E-state index in [9.17, 15) is 0 Å². The van der Waals surface area contributed by atoms with Gasteiger partial charge >= 0.3 is 0 Å². The molecule has 0 amide bonds. The third kappa shape index (κ3) is 2.42. The van der Waals surface area contributed by atoms with E-state index < -0.39 is 0 Å². The molecular formula is C23H22S2. The molecular weight excluding hydrogens is 340 g/mol. The standard InChI is InChI=1S/C23H22S2/c1-13-10-16-6-4-5-7-18(16)17(13)8-9-19-22-20(11-14(2)24-22)21-12-15(3)25-23(19)21/h4-7,10-12,14,17H,8-9H2,1-3H3. The maximum atomic E-state index is 2.47. The fraction of sp³-hybridized carbons (Fsp3) is 0.304. The first-order valence-electron chi connectivity index (χ1n) is 9.12. The molecule has 2 aliphatic carbocycles. The Morgan fingerprint density at radius 3 is 2.84 bits per heavy atom. The van der Waals surface area contributed by atoms with Gasteiger partial charge < -0.3 is 0 Å². The number of allylic oxidation sites excluding steroid dienone is 3. The monoisotopic (exact) mass is 362 g/mol. The van der Waals surface area contributed by atoms with Gasteiger partial charge in [-0.3, -0.25) is 0 Å². The van der Waals surface area contributed by atoms with Crippen molar-refractivity contribution < 1.29 is 0 Å². The zero-order valence-electron chi connectivity index (χ0n) is 14.9. The molecule has 0 bridgehead atoms. The summed E-state index contributed by atoms with van der Waals surface area (Å²) in [6, 6.07) is 11.3. The molecule has 0 N–H and O–H groups in total. The summed E-state index contributed by atoms with van der Waals surface area (Å²) in [4.78, 5) is 4.56. The van der Waals surface area contributed by atoms with E-state index in [2.05, 4.69) is 75.0 Å². The van der Waals surface area contributed by atoms with Crippen molar-refractivity contribution in [2.24, 2.45) is 0 Å². The maximum Gasteiger partial charge on any atom is 0.0395 e. The van der Waals surface area contributed by atoms with Crippen LogP contribution in [0.1, 0.15) is 59.1 Å². The smallest absolute Gasteiger partial charge is 0.0395 e. The molecule has 2 unspecified atom stereocenters. The minimum atomic E-state index is 0.589. The van der Waals surface area contributed by atoms with E-state index in [1.54, 1.807) is 15.4 Å². The molecule has 2 heteroatoms. The Labute approximate surface area is 158 Å². The first-order valence-corrected chi connectivity index (χ1v) is 10.8. The molecule has 1 aromatic carbocycles. The molecule has 0 fully saturated rings. The Morgan fingerprint density at radius 1 is 1.12 bits per heavy atom. The summed E-state index contributed by atoms with van der Waals surface area (Å²) in [5, 5.41) is 0.613. The van der Waals surface area contributed by atoms with Gasteiger partial charge in [-0.15, -0.1) is 23.1 Å². The van der Waals surface area contributed by atoms with E-state index >= 15 is 0 Å². The van der Waals surface area contributed by atoms with E-state index in [-0.39, 0.29) is 0 Å². The summed E-state index contributed by atoms with van der Waals surface area (Å²) in [5.41, 5.74) is 9.11. The molecule has 2 atom stereocenters. The maximum absolute atomic E-state index is 2.47. The van der Waals surface area contributed by atoms with Crippen molar-refractivity contribution in [3.63, 3.8) is 0 Å². The molecule has 1 aromatic heterocycles. The average molecular weight is 363 g/mol. The molecule has 3 aliphatic rings.